The second-order valence-corrected chi connectivity index (χ2v) is 8.27. The van der Waals surface area contributed by atoms with E-state index in [0.29, 0.717) is 38.5 Å². The number of benzene rings is 1. The van der Waals surface area contributed by atoms with Crippen molar-refractivity contribution in [3.63, 3.8) is 0 Å². The molecule has 7 nitrogen and oxygen atoms in total. The fourth-order valence-corrected chi connectivity index (χ4v) is 3.99. The number of nitrogens with zero attached hydrogens (tertiary/aromatic N) is 1. The van der Waals surface area contributed by atoms with Crippen LogP contribution in [-0.4, -0.2) is 64.8 Å². The summed E-state index contributed by atoms with van der Waals surface area (Å²) < 4.78 is 38.3. The Kier molecular flexibility index (Phi) is 6.08. The molecule has 1 aromatic rings. The first-order valence-electron chi connectivity index (χ1n) is 8.70. The van der Waals surface area contributed by atoms with E-state index in [-0.39, 0.29) is 23.5 Å². The third kappa shape index (κ3) is 4.70. The van der Waals surface area contributed by atoms with E-state index in [1.165, 1.54) is 17.7 Å². The van der Waals surface area contributed by atoms with Crippen LogP contribution < -0.4 is 4.72 Å². The van der Waals surface area contributed by atoms with E-state index in [1.807, 2.05) is 13.0 Å². The van der Waals surface area contributed by atoms with Crippen molar-refractivity contribution in [2.45, 2.75) is 24.3 Å². The van der Waals surface area contributed by atoms with Crippen molar-refractivity contribution in [3.8, 4) is 0 Å². The Morgan fingerprint density at radius 1 is 1.35 bits per heavy atom. The molecular weight excluding hydrogens is 356 g/mol. The molecule has 1 atom stereocenters. The Hall–Kier alpha value is -1.74. The Morgan fingerprint density at radius 3 is 2.88 bits per heavy atom. The Labute approximate surface area is 154 Å². The molecule has 142 valence electrons. The number of amides is 1. The van der Waals surface area contributed by atoms with Gasteiger partial charge in [0.1, 0.15) is 0 Å². The number of hydrogen-bond donors (Lipinski definition) is 1. The van der Waals surface area contributed by atoms with E-state index in [1.54, 1.807) is 17.0 Å². The number of carbonyl (C=O) groups is 1. The summed E-state index contributed by atoms with van der Waals surface area (Å²) in [5.41, 5.74) is 1.64. The van der Waals surface area contributed by atoms with Crippen LogP contribution in [0.25, 0.3) is 0 Å². The van der Waals surface area contributed by atoms with Gasteiger partial charge < -0.3 is 14.4 Å². The lowest BCUT2D eigenvalue weighted by molar-refractivity contribution is -0.0846. The number of hydrogen-bond acceptors (Lipinski definition) is 5. The summed E-state index contributed by atoms with van der Waals surface area (Å²) in [6.45, 7) is 4.73. The predicted molar refractivity (Wildman–Crippen MR) is 96.5 cm³/mol. The number of ether oxygens (including phenoxy) is 2. The maximum Gasteiger partial charge on any atom is 0.254 e. The highest BCUT2D eigenvalue weighted by Gasteiger charge is 2.22. The Balaban J connectivity index is 1.68. The van der Waals surface area contributed by atoms with Crippen molar-refractivity contribution < 1.29 is 22.7 Å². The zero-order valence-electron chi connectivity index (χ0n) is 14.8. The summed E-state index contributed by atoms with van der Waals surface area (Å²) in [6.07, 6.45) is 2.57. The summed E-state index contributed by atoms with van der Waals surface area (Å²) >= 11 is 0. The van der Waals surface area contributed by atoms with Gasteiger partial charge >= 0.3 is 0 Å². The Morgan fingerprint density at radius 2 is 2.19 bits per heavy atom. The lowest BCUT2D eigenvalue weighted by Crippen LogP contribution is -2.39. The second kappa shape index (κ2) is 8.30. The van der Waals surface area contributed by atoms with Gasteiger partial charge in [-0.05, 0) is 31.5 Å². The van der Waals surface area contributed by atoms with Gasteiger partial charge in [0.15, 0.2) is 0 Å². The molecule has 1 amide bonds. The van der Waals surface area contributed by atoms with Crippen LogP contribution in [0, 0.1) is 0 Å². The molecule has 0 unspecified atom stereocenters. The molecule has 1 aromatic carbocycles. The van der Waals surface area contributed by atoms with E-state index in [2.05, 4.69) is 4.72 Å². The highest BCUT2D eigenvalue weighted by molar-refractivity contribution is 7.89. The van der Waals surface area contributed by atoms with Crippen molar-refractivity contribution in [2.75, 3.05) is 39.5 Å². The smallest absolute Gasteiger partial charge is 0.254 e. The van der Waals surface area contributed by atoms with Crippen molar-refractivity contribution in [3.05, 3.63) is 41.5 Å². The van der Waals surface area contributed by atoms with Gasteiger partial charge in [-0.2, -0.15) is 0 Å². The first-order chi connectivity index (χ1) is 12.5. The average molecular weight is 380 g/mol. The van der Waals surface area contributed by atoms with Crippen LogP contribution in [-0.2, 0) is 19.5 Å². The van der Waals surface area contributed by atoms with Crippen LogP contribution in [0.2, 0.25) is 0 Å². The van der Waals surface area contributed by atoms with E-state index in [0.717, 1.165) is 6.42 Å². The molecule has 0 aromatic heterocycles. The van der Waals surface area contributed by atoms with Gasteiger partial charge in [0.2, 0.25) is 10.0 Å². The normalized spacial score (nSPS) is 21.3. The van der Waals surface area contributed by atoms with Gasteiger partial charge in [-0.3, -0.25) is 4.79 Å². The molecule has 8 heteroatoms. The number of rotatable bonds is 5. The summed E-state index contributed by atoms with van der Waals surface area (Å²) in [7, 11) is -3.72. The van der Waals surface area contributed by atoms with Gasteiger partial charge in [0.05, 0.1) is 30.8 Å². The standard InChI is InChI=1S/C18H24N2O5S/c1-14-5-7-20(8-6-14)18(21)15-3-2-4-17(11-15)26(22,23)19-12-16-13-24-9-10-25-16/h2-5,11,16,19H,6-10,12-13H2,1H3/t16-/m1/s1. The molecule has 0 spiro atoms. The molecule has 1 N–H and O–H groups in total. The maximum absolute atomic E-state index is 12.6. The summed E-state index contributed by atoms with van der Waals surface area (Å²) in [4.78, 5) is 14.4. The zero-order valence-corrected chi connectivity index (χ0v) is 15.6. The van der Waals surface area contributed by atoms with Gasteiger partial charge in [-0.25, -0.2) is 13.1 Å². The molecule has 2 aliphatic rings. The van der Waals surface area contributed by atoms with Crippen LogP contribution in [0.1, 0.15) is 23.7 Å². The first kappa shape index (κ1) is 19.0. The number of nitrogens with one attached hydrogen (secondary N) is 1. The van der Waals surface area contributed by atoms with Crippen LogP contribution in [0.4, 0.5) is 0 Å². The fourth-order valence-electron chi connectivity index (χ4n) is 2.87. The Bertz CT molecular complexity index is 785. The minimum atomic E-state index is -3.72. The van der Waals surface area contributed by atoms with Gasteiger partial charge in [-0.1, -0.05) is 17.7 Å². The molecular formula is C18H24N2O5S. The topological polar surface area (TPSA) is 84.9 Å². The van der Waals surface area contributed by atoms with E-state index >= 15 is 0 Å². The minimum Gasteiger partial charge on any atom is -0.376 e. The number of sulfonamides is 1. The molecule has 26 heavy (non-hydrogen) atoms. The summed E-state index contributed by atoms with van der Waals surface area (Å²) in [5.74, 6) is -0.158. The van der Waals surface area contributed by atoms with E-state index in [4.69, 9.17) is 9.47 Å². The summed E-state index contributed by atoms with van der Waals surface area (Å²) in [5, 5.41) is 0. The van der Waals surface area contributed by atoms with Crippen LogP contribution >= 0.6 is 0 Å². The highest BCUT2D eigenvalue weighted by Crippen LogP contribution is 2.17. The molecule has 0 saturated carbocycles. The summed E-state index contributed by atoms with van der Waals surface area (Å²) in [6, 6.07) is 6.14. The maximum atomic E-state index is 12.6. The van der Waals surface area contributed by atoms with Crippen molar-refractivity contribution in [2.24, 2.45) is 0 Å². The predicted octanol–water partition coefficient (Wildman–Crippen LogP) is 1.17. The van der Waals surface area contributed by atoms with Crippen molar-refractivity contribution in [1.82, 2.24) is 9.62 Å². The van der Waals surface area contributed by atoms with Crippen LogP contribution in [0.15, 0.2) is 40.8 Å². The molecule has 0 aliphatic carbocycles. The van der Waals surface area contributed by atoms with Crippen LogP contribution in [0.3, 0.4) is 0 Å². The lowest BCUT2D eigenvalue weighted by atomic mass is 10.1. The van der Waals surface area contributed by atoms with E-state index < -0.39 is 10.0 Å². The average Bonchev–Trinajstić information content (AvgIpc) is 2.67. The lowest BCUT2D eigenvalue weighted by Gasteiger charge is -2.25. The third-order valence-corrected chi connectivity index (χ3v) is 5.92. The molecule has 1 saturated heterocycles. The molecule has 0 radical (unpaired) electrons. The van der Waals surface area contributed by atoms with Gasteiger partial charge in [0, 0.05) is 25.2 Å². The van der Waals surface area contributed by atoms with Crippen molar-refractivity contribution in [1.29, 1.82) is 0 Å². The van der Waals surface area contributed by atoms with Crippen LogP contribution in [0.5, 0.6) is 0 Å². The molecule has 2 aliphatic heterocycles. The molecule has 3 rings (SSSR count). The zero-order chi connectivity index (χ0) is 18.6. The minimum absolute atomic E-state index is 0.0730. The number of carbonyl (C=O) groups excluding carboxylic acids is 1. The largest absolute Gasteiger partial charge is 0.376 e. The van der Waals surface area contributed by atoms with Crippen molar-refractivity contribution >= 4 is 15.9 Å². The molecule has 1 fully saturated rings. The second-order valence-electron chi connectivity index (χ2n) is 6.50. The highest BCUT2D eigenvalue weighted by atomic mass is 32.2. The SMILES string of the molecule is CC1=CCN(C(=O)c2cccc(S(=O)(=O)NC[C@@H]3COCCO3)c2)CC1. The monoisotopic (exact) mass is 380 g/mol. The van der Waals surface area contributed by atoms with Gasteiger partial charge in [-0.15, -0.1) is 0 Å². The fraction of sp³-hybridized carbons (Fsp3) is 0.500. The van der Waals surface area contributed by atoms with Gasteiger partial charge in [0.25, 0.3) is 5.91 Å². The molecule has 2 heterocycles. The molecule has 0 bridgehead atoms. The first-order valence-corrected chi connectivity index (χ1v) is 10.2. The van der Waals surface area contributed by atoms with E-state index in [9.17, 15) is 13.2 Å². The third-order valence-electron chi connectivity index (χ3n) is 4.50. The quantitative estimate of drug-likeness (QED) is 0.775.